The lowest BCUT2D eigenvalue weighted by Gasteiger charge is -2.13. The third-order valence-electron chi connectivity index (χ3n) is 2.63. The molecule has 1 aromatic heterocycles. The van der Waals surface area contributed by atoms with E-state index < -0.39 is 0 Å². The number of aryl methyl sites for hydroxylation is 1. The van der Waals surface area contributed by atoms with Crippen LogP contribution in [0.4, 0.5) is 0 Å². The topological polar surface area (TPSA) is 17.8 Å². The second-order valence-corrected chi connectivity index (χ2v) is 3.81. The number of halogens is 1. The van der Waals surface area contributed by atoms with Crippen LogP contribution in [0.25, 0.3) is 0 Å². The maximum absolute atomic E-state index is 5.98. The smallest absolute Gasteiger partial charge is 0.203 e. The molecule has 0 amide bonds. The minimum absolute atomic E-state index is 0.611. The Bertz CT molecular complexity index is 255. The molecule has 0 aliphatic heterocycles. The van der Waals surface area contributed by atoms with Gasteiger partial charge in [0.1, 0.15) is 0 Å². The Morgan fingerprint density at radius 1 is 1.50 bits per heavy atom. The maximum Gasteiger partial charge on any atom is 0.203 e. The highest BCUT2D eigenvalue weighted by Gasteiger charge is 2.20. The van der Waals surface area contributed by atoms with Gasteiger partial charge >= 0.3 is 0 Å². The molecule has 3 heteroatoms. The molecule has 1 aliphatic carbocycles. The summed E-state index contributed by atoms with van der Waals surface area (Å²) in [6.45, 7) is 2.07. The van der Waals surface area contributed by atoms with Crippen molar-refractivity contribution in [2.24, 2.45) is 0 Å². The average Bonchev–Trinajstić information content (AvgIpc) is 2.61. The Kier molecular flexibility index (Phi) is 2.09. The van der Waals surface area contributed by atoms with Crippen molar-refractivity contribution in [3.63, 3.8) is 0 Å². The second-order valence-electron chi connectivity index (χ2n) is 3.48. The third-order valence-corrected chi connectivity index (χ3v) is 2.91. The van der Waals surface area contributed by atoms with Gasteiger partial charge in [-0.25, -0.2) is 4.98 Å². The Morgan fingerprint density at radius 2 is 2.17 bits per heavy atom. The lowest BCUT2D eigenvalue weighted by Crippen LogP contribution is -2.06. The Labute approximate surface area is 77.6 Å². The molecule has 1 saturated carbocycles. The number of hydrogen-bond donors (Lipinski definition) is 0. The standard InChI is InChI=1S/C9H13ClN2/c1-7-6-11-9(10)12(7)8-4-2-3-5-8/h6,8H,2-5H2,1H3. The van der Waals surface area contributed by atoms with Crippen molar-refractivity contribution in [3.8, 4) is 0 Å². The molecule has 1 heterocycles. The first kappa shape index (κ1) is 8.11. The zero-order chi connectivity index (χ0) is 8.55. The van der Waals surface area contributed by atoms with Gasteiger partial charge in [-0.2, -0.15) is 0 Å². The summed E-state index contributed by atoms with van der Waals surface area (Å²) in [5.74, 6) is 0. The predicted octanol–water partition coefficient (Wildman–Crippen LogP) is 2.96. The Hall–Kier alpha value is -0.500. The van der Waals surface area contributed by atoms with Crippen LogP contribution in [0.2, 0.25) is 5.28 Å². The van der Waals surface area contributed by atoms with E-state index >= 15 is 0 Å². The monoisotopic (exact) mass is 184 g/mol. The molecule has 1 fully saturated rings. The van der Waals surface area contributed by atoms with Gasteiger partial charge in [-0.15, -0.1) is 0 Å². The van der Waals surface area contributed by atoms with Gasteiger partial charge < -0.3 is 4.57 Å². The molecule has 0 unspecified atom stereocenters. The molecule has 0 saturated heterocycles. The van der Waals surface area contributed by atoms with Gasteiger partial charge in [-0.1, -0.05) is 12.8 Å². The summed E-state index contributed by atoms with van der Waals surface area (Å²) < 4.78 is 2.16. The predicted molar refractivity (Wildman–Crippen MR) is 49.5 cm³/mol. The Morgan fingerprint density at radius 3 is 2.67 bits per heavy atom. The van der Waals surface area contributed by atoms with Crippen LogP contribution in [0.5, 0.6) is 0 Å². The molecular weight excluding hydrogens is 172 g/mol. The van der Waals surface area contributed by atoms with Gasteiger partial charge in [0.2, 0.25) is 5.28 Å². The van der Waals surface area contributed by atoms with Crippen molar-refractivity contribution in [2.75, 3.05) is 0 Å². The average molecular weight is 185 g/mol. The van der Waals surface area contributed by atoms with Gasteiger partial charge in [0.05, 0.1) is 0 Å². The maximum atomic E-state index is 5.98. The van der Waals surface area contributed by atoms with Crippen molar-refractivity contribution in [2.45, 2.75) is 38.6 Å². The summed E-state index contributed by atoms with van der Waals surface area (Å²) in [5, 5.41) is 0.652. The first-order valence-electron chi connectivity index (χ1n) is 4.48. The van der Waals surface area contributed by atoms with Crippen LogP contribution < -0.4 is 0 Å². The fourth-order valence-electron chi connectivity index (χ4n) is 2.02. The minimum Gasteiger partial charge on any atom is -0.316 e. The highest BCUT2D eigenvalue weighted by Crippen LogP contribution is 2.32. The zero-order valence-corrected chi connectivity index (χ0v) is 8.01. The number of imidazole rings is 1. The van der Waals surface area contributed by atoms with E-state index in [9.17, 15) is 0 Å². The van der Waals surface area contributed by atoms with Crippen LogP contribution in [-0.2, 0) is 0 Å². The van der Waals surface area contributed by atoms with Crippen LogP contribution in [0.3, 0.4) is 0 Å². The van der Waals surface area contributed by atoms with Gasteiger partial charge in [-0.05, 0) is 31.4 Å². The van der Waals surface area contributed by atoms with Gasteiger partial charge in [0.25, 0.3) is 0 Å². The molecule has 1 aliphatic rings. The molecule has 0 spiro atoms. The summed E-state index contributed by atoms with van der Waals surface area (Å²) in [7, 11) is 0. The lowest BCUT2D eigenvalue weighted by atomic mass is 10.2. The van der Waals surface area contributed by atoms with Crippen molar-refractivity contribution in [1.82, 2.24) is 9.55 Å². The van der Waals surface area contributed by atoms with Crippen LogP contribution in [0.15, 0.2) is 6.20 Å². The highest BCUT2D eigenvalue weighted by molar-refractivity contribution is 6.28. The Balaban J connectivity index is 2.30. The van der Waals surface area contributed by atoms with E-state index in [0.29, 0.717) is 11.3 Å². The van der Waals surface area contributed by atoms with Crippen molar-refractivity contribution in [1.29, 1.82) is 0 Å². The molecule has 66 valence electrons. The van der Waals surface area contributed by atoms with Gasteiger partial charge in [0, 0.05) is 17.9 Å². The van der Waals surface area contributed by atoms with Gasteiger partial charge in [0.15, 0.2) is 0 Å². The van der Waals surface area contributed by atoms with Crippen LogP contribution in [-0.4, -0.2) is 9.55 Å². The van der Waals surface area contributed by atoms with Crippen molar-refractivity contribution >= 4 is 11.6 Å². The summed E-state index contributed by atoms with van der Waals surface area (Å²) in [4.78, 5) is 4.09. The number of aromatic nitrogens is 2. The van der Waals surface area contributed by atoms with E-state index in [1.54, 1.807) is 0 Å². The number of nitrogens with zero attached hydrogens (tertiary/aromatic N) is 2. The van der Waals surface area contributed by atoms with Crippen LogP contribution >= 0.6 is 11.6 Å². The van der Waals surface area contributed by atoms with E-state index in [1.807, 2.05) is 6.20 Å². The molecule has 0 N–H and O–H groups in total. The third kappa shape index (κ3) is 1.24. The normalized spacial score (nSPS) is 18.8. The zero-order valence-electron chi connectivity index (χ0n) is 7.26. The van der Waals surface area contributed by atoms with Crippen LogP contribution in [0, 0.1) is 6.92 Å². The molecule has 2 nitrogen and oxygen atoms in total. The molecule has 1 aromatic rings. The molecule has 0 atom stereocenters. The summed E-state index contributed by atoms with van der Waals surface area (Å²) in [5.41, 5.74) is 1.19. The van der Waals surface area contributed by atoms with Crippen molar-refractivity contribution in [3.05, 3.63) is 17.2 Å². The first-order valence-corrected chi connectivity index (χ1v) is 4.86. The number of hydrogen-bond acceptors (Lipinski definition) is 1. The number of rotatable bonds is 1. The van der Waals surface area contributed by atoms with Crippen LogP contribution in [0.1, 0.15) is 37.4 Å². The van der Waals surface area contributed by atoms with Gasteiger partial charge in [-0.3, -0.25) is 0 Å². The molecule has 0 bridgehead atoms. The molecule has 2 rings (SSSR count). The largest absolute Gasteiger partial charge is 0.316 e. The highest BCUT2D eigenvalue weighted by atomic mass is 35.5. The SMILES string of the molecule is Cc1cnc(Cl)n1C1CCCC1. The molecule has 0 aromatic carbocycles. The quantitative estimate of drug-likeness (QED) is 0.656. The summed E-state index contributed by atoms with van der Waals surface area (Å²) in [6.07, 6.45) is 7.03. The van der Waals surface area contributed by atoms with Crippen molar-refractivity contribution < 1.29 is 0 Å². The molecule has 0 radical (unpaired) electrons. The van der Waals surface area contributed by atoms with E-state index in [4.69, 9.17) is 11.6 Å². The van der Waals surface area contributed by atoms with E-state index in [1.165, 1.54) is 31.4 Å². The fourth-order valence-corrected chi connectivity index (χ4v) is 2.34. The second kappa shape index (κ2) is 3.09. The minimum atomic E-state index is 0.611. The van der Waals surface area contributed by atoms with E-state index in [0.717, 1.165) is 0 Å². The lowest BCUT2D eigenvalue weighted by molar-refractivity contribution is 0.509. The van der Waals surface area contributed by atoms with E-state index in [-0.39, 0.29) is 0 Å². The summed E-state index contributed by atoms with van der Waals surface area (Å²) >= 11 is 5.98. The molecular formula is C9H13ClN2. The summed E-state index contributed by atoms with van der Waals surface area (Å²) in [6, 6.07) is 0.611. The molecule has 12 heavy (non-hydrogen) atoms. The fraction of sp³-hybridized carbons (Fsp3) is 0.667. The van der Waals surface area contributed by atoms with E-state index in [2.05, 4.69) is 16.5 Å². The first-order chi connectivity index (χ1) is 5.79.